The Labute approximate surface area is 155 Å². The zero-order valence-electron chi connectivity index (χ0n) is 15.7. The normalized spacial score (nSPS) is 14.6. The monoisotopic (exact) mass is 350 g/mol. The summed E-state index contributed by atoms with van der Waals surface area (Å²) >= 11 is 0. The molecule has 2 amide bonds. The summed E-state index contributed by atoms with van der Waals surface area (Å²) in [6.07, 6.45) is 2.05. The largest absolute Gasteiger partial charge is 0.325 e. The molecule has 0 aliphatic heterocycles. The maximum absolute atomic E-state index is 13.2. The molecule has 0 radical (unpaired) electrons. The van der Waals surface area contributed by atoms with Crippen molar-refractivity contribution in [3.05, 3.63) is 59.7 Å². The number of para-hydroxylation sites is 1. The van der Waals surface area contributed by atoms with Crippen molar-refractivity contribution in [2.75, 3.05) is 16.8 Å². The summed E-state index contributed by atoms with van der Waals surface area (Å²) in [4.78, 5) is 27.9. The molecular formula is C22H26N2O2. The van der Waals surface area contributed by atoms with E-state index in [1.165, 1.54) is 0 Å². The van der Waals surface area contributed by atoms with Gasteiger partial charge >= 0.3 is 0 Å². The van der Waals surface area contributed by atoms with Crippen molar-refractivity contribution in [2.45, 2.75) is 40.0 Å². The second-order valence-corrected chi connectivity index (χ2v) is 6.94. The number of anilines is 2. The summed E-state index contributed by atoms with van der Waals surface area (Å²) in [5, 5.41) is 3.00. The van der Waals surface area contributed by atoms with Crippen molar-refractivity contribution < 1.29 is 9.59 Å². The van der Waals surface area contributed by atoms with Gasteiger partial charge in [-0.3, -0.25) is 9.59 Å². The van der Waals surface area contributed by atoms with E-state index in [4.69, 9.17) is 0 Å². The van der Waals surface area contributed by atoms with E-state index in [0.717, 1.165) is 28.9 Å². The summed E-state index contributed by atoms with van der Waals surface area (Å²) in [6.45, 7) is 6.55. The molecule has 1 aliphatic rings. The minimum Gasteiger partial charge on any atom is -0.325 e. The number of hydrogen-bond acceptors (Lipinski definition) is 2. The summed E-state index contributed by atoms with van der Waals surface area (Å²) in [5.41, 5.74) is 2.90. The molecule has 2 aromatic rings. The predicted molar refractivity (Wildman–Crippen MR) is 105 cm³/mol. The molecule has 0 bridgehead atoms. The first-order valence-corrected chi connectivity index (χ1v) is 9.30. The Hall–Kier alpha value is -2.62. The van der Waals surface area contributed by atoms with Crippen LogP contribution < -0.4 is 10.2 Å². The molecule has 0 unspecified atom stereocenters. The average Bonchev–Trinajstić information content (AvgIpc) is 3.45. The lowest BCUT2D eigenvalue weighted by atomic mass is 10.0. The Morgan fingerprint density at radius 1 is 1.08 bits per heavy atom. The van der Waals surface area contributed by atoms with Crippen LogP contribution in [-0.2, 0) is 16.0 Å². The molecule has 0 saturated heterocycles. The maximum atomic E-state index is 13.2. The Morgan fingerprint density at radius 2 is 1.81 bits per heavy atom. The molecule has 1 saturated carbocycles. The van der Waals surface area contributed by atoms with E-state index in [0.29, 0.717) is 19.4 Å². The molecule has 1 N–H and O–H groups in total. The molecule has 26 heavy (non-hydrogen) atoms. The van der Waals surface area contributed by atoms with Crippen molar-refractivity contribution in [1.29, 1.82) is 0 Å². The van der Waals surface area contributed by atoms with Crippen molar-refractivity contribution in [3.8, 4) is 0 Å². The Morgan fingerprint density at radius 3 is 2.42 bits per heavy atom. The van der Waals surface area contributed by atoms with E-state index in [-0.39, 0.29) is 11.8 Å². The predicted octanol–water partition coefficient (Wildman–Crippen LogP) is 4.33. The van der Waals surface area contributed by atoms with Gasteiger partial charge in [-0.15, -0.1) is 0 Å². The molecule has 2 aromatic carbocycles. The summed E-state index contributed by atoms with van der Waals surface area (Å²) in [5.74, 6) is -0.286. The first-order valence-electron chi connectivity index (χ1n) is 9.30. The lowest BCUT2D eigenvalue weighted by Crippen LogP contribution is -2.43. The summed E-state index contributed by atoms with van der Waals surface area (Å²) < 4.78 is 0. The fourth-order valence-electron chi connectivity index (χ4n) is 3.35. The van der Waals surface area contributed by atoms with Crippen molar-refractivity contribution in [1.82, 2.24) is 0 Å². The number of nitrogens with one attached hydrogen (secondary N) is 1. The average molecular weight is 350 g/mol. The molecule has 136 valence electrons. The number of aryl methyl sites for hydroxylation is 2. The third-order valence-corrected chi connectivity index (χ3v) is 5.12. The lowest BCUT2D eigenvalue weighted by molar-refractivity contribution is -0.132. The van der Waals surface area contributed by atoms with Gasteiger partial charge in [-0.05, 0) is 62.4 Å². The van der Waals surface area contributed by atoms with Gasteiger partial charge < -0.3 is 10.2 Å². The molecule has 0 spiro atoms. The third kappa shape index (κ3) is 3.36. The topological polar surface area (TPSA) is 49.4 Å². The zero-order valence-corrected chi connectivity index (χ0v) is 15.7. The van der Waals surface area contributed by atoms with Crippen LogP contribution in [-0.4, -0.2) is 18.4 Å². The molecule has 0 heterocycles. The van der Waals surface area contributed by atoms with Crippen LogP contribution in [0.25, 0.3) is 0 Å². The van der Waals surface area contributed by atoms with Crippen LogP contribution in [0.3, 0.4) is 0 Å². The molecule has 1 aliphatic carbocycles. The van der Waals surface area contributed by atoms with Crippen molar-refractivity contribution in [3.63, 3.8) is 0 Å². The molecule has 1 fully saturated rings. The van der Waals surface area contributed by atoms with Gasteiger partial charge in [-0.25, -0.2) is 0 Å². The highest BCUT2D eigenvalue weighted by Crippen LogP contribution is 2.49. The van der Waals surface area contributed by atoms with Crippen LogP contribution in [0.5, 0.6) is 0 Å². The number of hydrogen-bond donors (Lipinski definition) is 1. The van der Waals surface area contributed by atoms with Crippen LogP contribution in [0.15, 0.2) is 48.5 Å². The van der Waals surface area contributed by atoms with Gasteiger partial charge in [-0.2, -0.15) is 0 Å². The Kier molecular flexibility index (Phi) is 5.12. The van der Waals surface area contributed by atoms with Gasteiger partial charge in [0, 0.05) is 17.9 Å². The molecule has 0 aromatic heterocycles. The van der Waals surface area contributed by atoms with E-state index in [1.807, 2.05) is 62.4 Å². The van der Waals surface area contributed by atoms with Crippen molar-refractivity contribution in [2.24, 2.45) is 5.41 Å². The van der Waals surface area contributed by atoms with E-state index in [1.54, 1.807) is 4.90 Å². The number of benzene rings is 2. The van der Waals surface area contributed by atoms with E-state index in [9.17, 15) is 9.59 Å². The van der Waals surface area contributed by atoms with Gasteiger partial charge in [0.25, 0.3) is 0 Å². The number of amides is 2. The minimum absolute atomic E-state index is 0.0999. The Bertz CT molecular complexity index is 824. The fraction of sp³-hybridized carbons (Fsp3) is 0.364. The molecule has 3 rings (SSSR count). The van der Waals surface area contributed by atoms with Crippen LogP contribution in [0, 0.1) is 12.3 Å². The Balaban J connectivity index is 1.82. The van der Waals surface area contributed by atoms with E-state index >= 15 is 0 Å². The third-order valence-electron chi connectivity index (χ3n) is 5.12. The highest BCUT2D eigenvalue weighted by molar-refractivity contribution is 6.17. The second-order valence-electron chi connectivity index (χ2n) is 6.94. The van der Waals surface area contributed by atoms with Gasteiger partial charge in [0.2, 0.25) is 11.8 Å². The molecule has 0 atom stereocenters. The minimum atomic E-state index is -0.930. The summed E-state index contributed by atoms with van der Waals surface area (Å²) in [6, 6.07) is 15.6. The standard InChI is InChI=1S/C22H26N2O2/c1-4-17-10-6-7-12-19(17)23-20(25)22(13-14-22)21(26)24(5-2)18-11-8-9-16(3)15-18/h6-12,15H,4-5,13-14H2,1-3H3,(H,23,25). The lowest BCUT2D eigenvalue weighted by Gasteiger charge is -2.26. The number of nitrogens with zero attached hydrogens (tertiary/aromatic N) is 1. The molecule has 4 nitrogen and oxygen atoms in total. The number of carbonyl (C=O) groups is 2. The summed E-state index contributed by atoms with van der Waals surface area (Å²) in [7, 11) is 0. The van der Waals surface area contributed by atoms with E-state index < -0.39 is 5.41 Å². The SMILES string of the molecule is CCc1ccccc1NC(=O)C1(C(=O)N(CC)c2cccc(C)c2)CC1. The first-order chi connectivity index (χ1) is 12.5. The van der Waals surface area contributed by atoms with Crippen molar-refractivity contribution >= 4 is 23.2 Å². The molecule has 4 heteroatoms. The highest BCUT2D eigenvalue weighted by atomic mass is 16.2. The number of carbonyl (C=O) groups excluding carboxylic acids is 2. The van der Waals surface area contributed by atoms with Crippen LogP contribution in [0.2, 0.25) is 0 Å². The van der Waals surface area contributed by atoms with Gasteiger partial charge in [-0.1, -0.05) is 37.3 Å². The quantitative estimate of drug-likeness (QED) is 0.788. The molecular weight excluding hydrogens is 324 g/mol. The fourth-order valence-corrected chi connectivity index (χ4v) is 3.35. The maximum Gasteiger partial charge on any atom is 0.242 e. The van der Waals surface area contributed by atoms with Gasteiger partial charge in [0.1, 0.15) is 5.41 Å². The number of rotatable bonds is 6. The first kappa shape index (κ1) is 18.2. The van der Waals surface area contributed by atoms with Gasteiger partial charge in [0.05, 0.1) is 0 Å². The smallest absolute Gasteiger partial charge is 0.242 e. The van der Waals surface area contributed by atoms with Crippen LogP contribution in [0.1, 0.15) is 37.8 Å². The van der Waals surface area contributed by atoms with Crippen LogP contribution in [0.4, 0.5) is 11.4 Å². The highest BCUT2D eigenvalue weighted by Gasteiger charge is 2.58. The van der Waals surface area contributed by atoms with Gasteiger partial charge in [0.15, 0.2) is 0 Å². The van der Waals surface area contributed by atoms with E-state index in [2.05, 4.69) is 12.2 Å². The zero-order chi connectivity index (χ0) is 18.7. The second kappa shape index (κ2) is 7.32. The van der Waals surface area contributed by atoms with Crippen LogP contribution >= 0.6 is 0 Å².